The number of aromatic nitrogens is 2. The number of hydrogen-bond donors (Lipinski definition) is 2. The SMILES string of the molecule is Cl.NC1CCN(Cc2cn[nH]c2-c2ccsc2)C1. The number of nitrogens with one attached hydrogen (secondary N) is 1. The minimum atomic E-state index is 0. The zero-order valence-electron chi connectivity index (χ0n) is 10.0. The van der Waals surface area contributed by atoms with E-state index in [1.54, 1.807) is 11.3 Å². The topological polar surface area (TPSA) is 57.9 Å². The Morgan fingerprint density at radius 1 is 1.56 bits per heavy atom. The Morgan fingerprint density at radius 3 is 3.11 bits per heavy atom. The van der Waals surface area contributed by atoms with E-state index in [-0.39, 0.29) is 12.4 Å². The molecular formula is C12H17ClN4S. The molecule has 1 aliphatic rings. The number of hydrogen-bond acceptors (Lipinski definition) is 4. The second-order valence-corrected chi connectivity index (χ2v) is 5.35. The van der Waals surface area contributed by atoms with E-state index in [0.717, 1.165) is 31.7 Å². The van der Waals surface area contributed by atoms with Crippen molar-refractivity contribution in [2.45, 2.75) is 19.0 Å². The summed E-state index contributed by atoms with van der Waals surface area (Å²) in [5.74, 6) is 0. The van der Waals surface area contributed by atoms with Gasteiger partial charge >= 0.3 is 0 Å². The summed E-state index contributed by atoms with van der Waals surface area (Å²) in [7, 11) is 0. The highest BCUT2D eigenvalue weighted by atomic mass is 35.5. The van der Waals surface area contributed by atoms with Gasteiger partial charge in [0, 0.05) is 42.2 Å². The average molecular weight is 285 g/mol. The number of nitrogens with two attached hydrogens (primary N) is 1. The number of nitrogens with zero attached hydrogens (tertiary/aromatic N) is 2. The molecule has 3 N–H and O–H groups in total. The second-order valence-electron chi connectivity index (χ2n) is 4.57. The molecule has 0 aromatic carbocycles. The van der Waals surface area contributed by atoms with Gasteiger partial charge in [0.05, 0.1) is 11.9 Å². The first-order valence-electron chi connectivity index (χ1n) is 5.85. The molecule has 98 valence electrons. The first kappa shape index (κ1) is 13.5. The third kappa shape index (κ3) is 2.75. The molecule has 0 aliphatic carbocycles. The average Bonchev–Trinajstić information content (AvgIpc) is 3.00. The van der Waals surface area contributed by atoms with E-state index in [1.807, 2.05) is 6.20 Å². The summed E-state index contributed by atoms with van der Waals surface area (Å²) in [4.78, 5) is 2.39. The number of halogens is 1. The van der Waals surface area contributed by atoms with E-state index in [1.165, 1.54) is 11.1 Å². The van der Waals surface area contributed by atoms with Crippen molar-refractivity contribution >= 4 is 23.7 Å². The van der Waals surface area contributed by atoms with Crippen molar-refractivity contribution in [3.8, 4) is 11.3 Å². The molecule has 0 spiro atoms. The quantitative estimate of drug-likeness (QED) is 0.907. The maximum atomic E-state index is 5.92. The maximum absolute atomic E-state index is 5.92. The Labute approximate surface area is 117 Å². The summed E-state index contributed by atoms with van der Waals surface area (Å²) in [6.07, 6.45) is 3.03. The van der Waals surface area contributed by atoms with Gasteiger partial charge in [-0.05, 0) is 17.9 Å². The van der Waals surface area contributed by atoms with Crippen molar-refractivity contribution < 1.29 is 0 Å². The Morgan fingerprint density at radius 2 is 2.44 bits per heavy atom. The predicted molar refractivity (Wildman–Crippen MR) is 77.0 cm³/mol. The molecule has 0 amide bonds. The molecule has 1 unspecified atom stereocenters. The van der Waals surface area contributed by atoms with Crippen LogP contribution in [0.4, 0.5) is 0 Å². The summed E-state index contributed by atoms with van der Waals surface area (Å²) in [6.45, 7) is 3.03. The number of likely N-dealkylation sites (tertiary alicyclic amines) is 1. The van der Waals surface area contributed by atoms with E-state index in [9.17, 15) is 0 Å². The summed E-state index contributed by atoms with van der Waals surface area (Å²) in [5, 5.41) is 11.5. The van der Waals surface area contributed by atoms with Crippen LogP contribution in [0.3, 0.4) is 0 Å². The van der Waals surface area contributed by atoms with Crippen LogP contribution in [0.15, 0.2) is 23.0 Å². The van der Waals surface area contributed by atoms with Gasteiger partial charge in [0.2, 0.25) is 0 Å². The van der Waals surface area contributed by atoms with Gasteiger partial charge in [0.1, 0.15) is 0 Å². The van der Waals surface area contributed by atoms with Gasteiger partial charge in [-0.15, -0.1) is 12.4 Å². The molecule has 1 aliphatic heterocycles. The Bertz CT molecular complexity index is 482. The zero-order chi connectivity index (χ0) is 11.7. The zero-order valence-corrected chi connectivity index (χ0v) is 11.6. The molecule has 0 radical (unpaired) electrons. The van der Waals surface area contributed by atoms with E-state index in [4.69, 9.17) is 5.73 Å². The van der Waals surface area contributed by atoms with Crippen LogP contribution in [0.5, 0.6) is 0 Å². The minimum absolute atomic E-state index is 0. The summed E-state index contributed by atoms with van der Waals surface area (Å²) in [5.41, 5.74) is 9.56. The Kier molecular flexibility index (Phi) is 4.40. The molecule has 0 saturated carbocycles. The van der Waals surface area contributed by atoms with Crippen LogP contribution < -0.4 is 5.73 Å². The fraction of sp³-hybridized carbons (Fsp3) is 0.417. The maximum Gasteiger partial charge on any atom is 0.0703 e. The molecule has 1 atom stereocenters. The summed E-state index contributed by atoms with van der Waals surface area (Å²) in [6, 6.07) is 2.46. The molecular weight excluding hydrogens is 268 g/mol. The van der Waals surface area contributed by atoms with Crippen molar-refractivity contribution in [3.05, 3.63) is 28.6 Å². The number of aromatic amines is 1. The van der Waals surface area contributed by atoms with Crippen LogP contribution in [0.1, 0.15) is 12.0 Å². The normalized spacial score (nSPS) is 19.9. The molecule has 1 saturated heterocycles. The van der Waals surface area contributed by atoms with Crippen LogP contribution in [0.2, 0.25) is 0 Å². The van der Waals surface area contributed by atoms with E-state index >= 15 is 0 Å². The summed E-state index contributed by atoms with van der Waals surface area (Å²) < 4.78 is 0. The van der Waals surface area contributed by atoms with Crippen molar-refractivity contribution in [2.75, 3.05) is 13.1 Å². The highest BCUT2D eigenvalue weighted by Crippen LogP contribution is 2.25. The van der Waals surface area contributed by atoms with Gasteiger partial charge in [0.25, 0.3) is 0 Å². The van der Waals surface area contributed by atoms with Crippen LogP contribution in [0, 0.1) is 0 Å². The fourth-order valence-corrected chi connectivity index (χ4v) is 2.98. The van der Waals surface area contributed by atoms with Crippen LogP contribution >= 0.6 is 23.7 Å². The van der Waals surface area contributed by atoms with E-state index < -0.39 is 0 Å². The molecule has 2 aromatic heterocycles. The highest BCUT2D eigenvalue weighted by molar-refractivity contribution is 7.08. The fourth-order valence-electron chi connectivity index (χ4n) is 2.33. The number of rotatable bonds is 3. The monoisotopic (exact) mass is 284 g/mol. The largest absolute Gasteiger partial charge is 0.326 e. The Balaban J connectivity index is 0.00000120. The molecule has 3 heterocycles. The van der Waals surface area contributed by atoms with Crippen molar-refractivity contribution in [1.29, 1.82) is 0 Å². The van der Waals surface area contributed by atoms with Gasteiger partial charge in [0.15, 0.2) is 0 Å². The molecule has 2 aromatic rings. The molecule has 4 nitrogen and oxygen atoms in total. The van der Waals surface area contributed by atoms with Crippen LogP contribution in [0.25, 0.3) is 11.3 Å². The lowest BCUT2D eigenvalue weighted by atomic mass is 10.1. The third-order valence-electron chi connectivity index (χ3n) is 3.23. The van der Waals surface area contributed by atoms with E-state index in [0.29, 0.717) is 6.04 Å². The van der Waals surface area contributed by atoms with Gasteiger partial charge in [-0.2, -0.15) is 16.4 Å². The lowest BCUT2D eigenvalue weighted by Gasteiger charge is -2.14. The molecule has 1 fully saturated rings. The minimum Gasteiger partial charge on any atom is -0.326 e. The first-order chi connectivity index (χ1) is 8.33. The van der Waals surface area contributed by atoms with Crippen molar-refractivity contribution in [2.24, 2.45) is 5.73 Å². The highest BCUT2D eigenvalue weighted by Gasteiger charge is 2.20. The van der Waals surface area contributed by atoms with Gasteiger partial charge < -0.3 is 5.73 Å². The van der Waals surface area contributed by atoms with Gasteiger partial charge in [-0.1, -0.05) is 0 Å². The number of H-pyrrole nitrogens is 1. The lowest BCUT2D eigenvalue weighted by Crippen LogP contribution is -2.26. The van der Waals surface area contributed by atoms with Gasteiger partial charge in [-0.25, -0.2) is 0 Å². The molecule has 6 heteroatoms. The number of thiophene rings is 1. The second kappa shape index (κ2) is 5.84. The predicted octanol–water partition coefficient (Wildman–Crippen LogP) is 2.09. The molecule has 0 bridgehead atoms. The first-order valence-corrected chi connectivity index (χ1v) is 6.80. The standard InChI is InChI=1S/C12H16N4S.ClH/c13-11-1-3-16(7-11)6-10-5-14-15-12(10)9-2-4-17-8-9;/h2,4-5,8,11H,1,3,6-7,13H2,(H,14,15);1H. The van der Waals surface area contributed by atoms with Crippen molar-refractivity contribution in [1.82, 2.24) is 15.1 Å². The molecule has 18 heavy (non-hydrogen) atoms. The van der Waals surface area contributed by atoms with Crippen molar-refractivity contribution in [3.63, 3.8) is 0 Å². The van der Waals surface area contributed by atoms with Gasteiger partial charge in [-0.3, -0.25) is 10.00 Å². The van der Waals surface area contributed by atoms with E-state index in [2.05, 4.69) is 31.9 Å². The smallest absolute Gasteiger partial charge is 0.0703 e. The summed E-state index contributed by atoms with van der Waals surface area (Å²) >= 11 is 1.71. The Hall–Kier alpha value is -0.880. The third-order valence-corrected chi connectivity index (χ3v) is 3.91. The van der Waals surface area contributed by atoms with Crippen LogP contribution in [-0.2, 0) is 6.54 Å². The van der Waals surface area contributed by atoms with Crippen LogP contribution in [-0.4, -0.2) is 34.2 Å². The lowest BCUT2D eigenvalue weighted by molar-refractivity contribution is 0.327. The molecule has 3 rings (SSSR count).